The normalized spacial score (nSPS) is 14.2. The number of hydrogen-bond donors (Lipinski definition) is 1. The van der Waals surface area contributed by atoms with Crippen LogP contribution in [0.2, 0.25) is 0 Å². The molecule has 0 fully saturated rings. The number of aliphatic hydroxyl groups is 1. The fourth-order valence-corrected chi connectivity index (χ4v) is 1.93. The number of hydrogen-bond acceptors (Lipinski definition) is 3. The van der Waals surface area contributed by atoms with Gasteiger partial charge in [-0.05, 0) is 30.5 Å². The van der Waals surface area contributed by atoms with Crippen LogP contribution in [0, 0.1) is 5.92 Å². The third-order valence-corrected chi connectivity index (χ3v) is 3.73. The number of para-hydroxylation sites is 1. The van der Waals surface area contributed by atoms with Gasteiger partial charge in [-0.2, -0.15) is 0 Å². The predicted octanol–water partition coefficient (Wildman–Crippen LogP) is 3.85. The highest BCUT2D eigenvalue weighted by atomic mass is 16.7. The molecule has 0 aliphatic heterocycles. The van der Waals surface area contributed by atoms with Crippen molar-refractivity contribution in [1.82, 2.24) is 5.06 Å². The van der Waals surface area contributed by atoms with Gasteiger partial charge in [-0.3, -0.25) is 0 Å². The van der Waals surface area contributed by atoms with E-state index in [2.05, 4.69) is 0 Å². The minimum absolute atomic E-state index is 0.0323. The molecule has 0 heterocycles. The van der Waals surface area contributed by atoms with Crippen LogP contribution in [0.3, 0.4) is 0 Å². The number of benzene rings is 2. The molecule has 21 heavy (non-hydrogen) atoms. The number of hydroxylamine groups is 2. The maximum atomic E-state index is 10.8. The van der Waals surface area contributed by atoms with E-state index >= 15 is 0 Å². The van der Waals surface area contributed by atoms with Gasteiger partial charge in [-0.15, -0.1) is 5.06 Å². The molecule has 1 unspecified atom stereocenters. The second kappa shape index (κ2) is 6.74. The predicted molar refractivity (Wildman–Crippen MR) is 84.5 cm³/mol. The van der Waals surface area contributed by atoms with Crippen molar-refractivity contribution in [3.63, 3.8) is 0 Å². The highest BCUT2D eigenvalue weighted by Crippen LogP contribution is 2.25. The van der Waals surface area contributed by atoms with Crippen LogP contribution in [-0.4, -0.2) is 15.9 Å². The second-order valence-corrected chi connectivity index (χ2v) is 5.68. The molecule has 2 rings (SSSR count). The first-order valence-electron chi connectivity index (χ1n) is 7.27. The molecule has 2 aromatic carbocycles. The van der Waals surface area contributed by atoms with Crippen molar-refractivity contribution in [3.8, 4) is 5.75 Å². The number of rotatable bonds is 6. The molecule has 0 bridgehead atoms. The Bertz CT molecular complexity index is 496. The summed E-state index contributed by atoms with van der Waals surface area (Å²) in [5, 5.41) is 12.4. The van der Waals surface area contributed by atoms with Crippen LogP contribution in [0.15, 0.2) is 60.7 Å². The van der Waals surface area contributed by atoms with E-state index < -0.39 is 5.72 Å². The molecule has 0 radical (unpaired) electrons. The monoisotopic (exact) mass is 285 g/mol. The molecule has 0 aliphatic rings. The van der Waals surface area contributed by atoms with Gasteiger partial charge in [0.05, 0.1) is 6.54 Å². The summed E-state index contributed by atoms with van der Waals surface area (Å²) in [4.78, 5) is 5.93. The summed E-state index contributed by atoms with van der Waals surface area (Å²) < 4.78 is 0. The summed E-state index contributed by atoms with van der Waals surface area (Å²) in [6, 6.07) is 19.5. The van der Waals surface area contributed by atoms with Crippen LogP contribution in [-0.2, 0) is 6.54 Å². The van der Waals surface area contributed by atoms with E-state index in [1.54, 1.807) is 12.0 Å². The van der Waals surface area contributed by atoms with Gasteiger partial charge in [0.15, 0.2) is 5.72 Å². The Morgan fingerprint density at radius 3 is 2.05 bits per heavy atom. The lowest BCUT2D eigenvalue weighted by atomic mass is 10.0. The van der Waals surface area contributed by atoms with Gasteiger partial charge in [0, 0.05) is 0 Å². The summed E-state index contributed by atoms with van der Waals surface area (Å²) in [6.45, 7) is 6.25. The maximum Gasteiger partial charge on any atom is 0.150 e. The summed E-state index contributed by atoms with van der Waals surface area (Å²) >= 11 is 0. The molecule has 3 nitrogen and oxygen atoms in total. The van der Waals surface area contributed by atoms with Crippen LogP contribution in [0.25, 0.3) is 0 Å². The lowest BCUT2D eigenvalue weighted by Gasteiger charge is -2.38. The third-order valence-electron chi connectivity index (χ3n) is 3.73. The third kappa shape index (κ3) is 4.06. The Labute approximate surface area is 126 Å². The standard InChI is InChI=1S/C18H23NO2/c1-15(2)18(3,20)19(14-16-10-6-4-7-11-16)21-17-12-8-5-9-13-17/h4-13,15,20H,14H2,1-3H3. The molecule has 3 heteroatoms. The highest BCUT2D eigenvalue weighted by molar-refractivity contribution is 5.21. The summed E-state index contributed by atoms with van der Waals surface area (Å²) in [5.74, 6) is 0.749. The summed E-state index contributed by atoms with van der Waals surface area (Å²) in [7, 11) is 0. The SMILES string of the molecule is CC(C)C(C)(O)N(Cc1ccccc1)Oc1ccccc1. The largest absolute Gasteiger partial charge is 0.403 e. The van der Waals surface area contributed by atoms with Crippen molar-refractivity contribution < 1.29 is 9.94 Å². The van der Waals surface area contributed by atoms with Crippen molar-refractivity contribution in [2.75, 3.05) is 0 Å². The van der Waals surface area contributed by atoms with Gasteiger partial charge in [-0.25, -0.2) is 0 Å². The van der Waals surface area contributed by atoms with E-state index in [1.807, 2.05) is 74.5 Å². The Balaban J connectivity index is 2.22. The molecule has 1 atom stereocenters. The van der Waals surface area contributed by atoms with E-state index in [1.165, 1.54) is 0 Å². The minimum Gasteiger partial charge on any atom is -0.403 e. The zero-order valence-electron chi connectivity index (χ0n) is 12.9. The van der Waals surface area contributed by atoms with Gasteiger partial charge in [0.25, 0.3) is 0 Å². The topological polar surface area (TPSA) is 32.7 Å². The average Bonchev–Trinajstić information content (AvgIpc) is 2.48. The van der Waals surface area contributed by atoms with Gasteiger partial charge < -0.3 is 9.94 Å². The molecule has 0 aliphatic carbocycles. The quantitative estimate of drug-likeness (QED) is 0.646. The molecule has 0 saturated carbocycles. The molecular weight excluding hydrogens is 262 g/mol. The van der Waals surface area contributed by atoms with Crippen molar-refractivity contribution >= 4 is 0 Å². The van der Waals surface area contributed by atoms with Gasteiger partial charge in [0.1, 0.15) is 5.75 Å². The van der Waals surface area contributed by atoms with Gasteiger partial charge >= 0.3 is 0 Å². The first-order chi connectivity index (χ1) is 10.00. The highest BCUT2D eigenvalue weighted by Gasteiger charge is 2.34. The zero-order valence-corrected chi connectivity index (χ0v) is 12.9. The van der Waals surface area contributed by atoms with Crippen molar-refractivity contribution in [2.24, 2.45) is 5.92 Å². The molecule has 0 amide bonds. The number of nitrogens with zero attached hydrogens (tertiary/aromatic N) is 1. The average molecular weight is 285 g/mol. The smallest absolute Gasteiger partial charge is 0.150 e. The second-order valence-electron chi connectivity index (χ2n) is 5.68. The molecule has 1 N–H and O–H groups in total. The Morgan fingerprint density at radius 2 is 1.52 bits per heavy atom. The van der Waals surface area contributed by atoms with Gasteiger partial charge in [0.2, 0.25) is 0 Å². The van der Waals surface area contributed by atoms with E-state index in [0.29, 0.717) is 12.3 Å². The Hall–Kier alpha value is -1.84. The van der Waals surface area contributed by atoms with Gasteiger partial charge in [-0.1, -0.05) is 62.4 Å². The van der Waals surface area contributed by atoms with E-state index in [0.717, 1.165) is 5.56 Å². The first kappa shape index (κ1) is 15.5. The first-order valence-corrected chi connectivity index (χ1v) is 7.27. The van der Waals surface area contributed by atoms with E-state index in [4.69, 9.17) is 4.84 Å². The maximum absolute atomic E-state index is 10.8. The van der Waals surface area contributed by atoms with Crippen LogP contribution in [0.4, 0.5) is 0 Å². The lowest BCUT2D eigenvalue weighted by Crippen LogP contribution is -2.51. The van der Waals surface area contributed by atoms with E-state index in [-0.39, 0.29) is 5.92 Å². The fraction of sp³-hybridized carbons (Fsp3) is 0.333. The van der Waals surface area contributed by atoms with Crippen LogP contribution in [0.5, 0.6) is 5.75 Å². The molecule has 0 aromatic heterocycles. The Morgan fingerprint density at radius 1 is 1.00 bits per heavy atom. The molecule has 0 saturated heterocycles. The molecule has 0 spiro atoms. The summed E-state index contributed by atoms with van der Waals surface area (Å²) in [6.07, 6.45) is 0. The minimum atomic E-state index is -1.06. The summed E-state index contributed by atoms with van der Waals surface area (Å²) in [5.41, 5.74) is 0.0282. The van der Waals surface area contributed by atoms with E-state index in [9.17, 15) is 5.11 Å². The van der Waals surface area contributed by atoms with Crippen molar-refractivity contribution in [2.45, 2.75) is 33.0 Å². The molecule has 112 valence electrons. The lowest BCUT2D eigenvalue weighted by molar-refractivity contribution is -0.258. The zero-order chi connectivity index (χ0) is 15.3. The Kier molecular flexibility index (Phi) is 4.99. The van der Waals surface area contributed by atoms with Crippen LogP contribution >= 0.6 is 0 Å². The molecule has 2 aromatic rings. The van der Waals surface area contributed by atoms with Crippen molar-refractivity contribution in [1.29, 1.82) is 0 Å². The van der Waals surface area contributed by atoms with Crippen molar-refractivity contribution in [3.05, 3.63) is 66.2 Å². The molecular formula is C18H23NO2. The fourth-order valence-electron chi connectivity index (χ4n) is 1.93. The van der Waals surface area contributed by atoms with Crippen LogP contribution in [0.1, 0.15) is 26.3 Å². The van der Waals surface area contributed by atoms with Crippen LogP contribution < -0.4 is 4.84 Å².